The molecular formula is C23H23N3O3. The van der Waals surface area contributed by atoms with Crippen LogP contribution in [0.5, 0.6) is 0 Å². The molecule has 3 aromatic carbocycles. The quantitative estimate of drug-likeness (QED) is 0.591. The van der Waals surface area contributed by atoms with Crippen LogP contribution in [0.25, 0.3) is 10.8 Å². The fourth-order valence-corrected chi connectivity index (χ4v) is 3.04. The van der Waals surface area contributed by atoms with Crippen molar-refractivity contribution in [1.82, 2.24) is 5.32 Å². The summed E-state index contributed by atoms with van der Waals surface area (Å²) in [6.07, 6.45) is 0. The van der Waals surface area contributed by atoms with Gasteiger partial charge in [-0.25, -0.2) is 0 Å². The molecule has 0 aliphatic carbocycles. The maximum atomic E-state index is 12.4. The number of amides is 3. The maximum absolute atomic E-state index is 12.4. The van der Waals surface area contributed by atoms with E-state index in [9.17, 15) is 14.4 Å². The monoisotopic (exact) mass is 389 g/mol. The highest BCUT2D eigenvalue weighted by molar-refractivity contribution is 6.39. The molecule has 6 heteroatoms. The largest absolute Gasteiger partial charge is 0.341 e. The van der Waals surface area contributed by atoms with Gasteiger partial charge in [-0.05, 0) is 53.9 Å². The summed E-state index contributed by atoms with van der Waals surface area (Å²) in [6.45, 7) is 5.04. The van der Waals surface area contributed by atoms with E-state index in [-0.39, 0.29) is 11.9 Å². The highest BCUT2D eigenvalue weighted by atomic mass is 16.2. The molecule has 0 aliphatic rings. The minimum atomic E-state index is -0.763. The summed E-state index contributed by atoms with van der Waals surface area (Å²) in [5.41, 5.74) is 2.70. The molecule has 0 heterocycles. The van der Waals surface area contributed by atoms with E-state index in [0.29, 0.717) is 11.4 Å². The van der Waals surface area contributed by atoms with Gasteiger partial charge in [0.15, 0.2) is 0 Å². The van der Waals surface area contributed by atoms with Crippen LogP contribution in [0, 0.1) is 6.92 Å². The first kappa shape index (κ1) is 20.1. The Morgan fingerprint density at radius 3 is 2.28 bits per heavy atom. The molecule has 0 radical (unpaired) electrons. The maximum Gasteiger partial charge on any atom is 0.313 e. The van der Waals surface area contributed by atoms with Crippen LogP contribution < -0.4 is 16.0 Å². The molecule has 0 aliphatic heterocycles. The molecule has 0 fully saturated rings. The zero-order valence-corrected chi connectivity index (χ0v) is 16.6. The topological polar surface area (TPSA) is 87.3 Å². The van der Waals surface area contributed by atoms with Gasteiger partial charge in [0, 0.05) is 18.3 Å². The molecule has 1 atom stereocenters. The zero-order valence-electron chi connectivity index (χ0n) is 16.6. The first-order chi connectivity index (χ1) is 13.8. The van der Waals surface area contributed by atoms with Gasteiger partial charge in [0.1, 0.15) is 0 Å². The van der Waals surface area contributed by atoms with Crippen molar-refractivity contribution in [2.45, 2.75) is 26.8 Å². The second-order valence-electron chi connectivity index (χ2n) is 6.97. The lowest BCUT2D eigenvalue weighted by Crippen LogP contribution is -2.37. The fraction of sp³-hybridized carbons (Fsp3) is 0.174. The Labute approximate surface area is 169 Å². The molecule has 0 saturated carbocycles. The number of aryl methyl sites for hydroxylation is 1. The van der Waals surface area contributed by atoms with Crippen LogP contribution in [-0.4, -0.2) is 17.7 Å². The van der Waals surface area contributed by atoms with Crippen molar-refractivity contribution in [2.24, 2.45) is 0 Å². The van der Waals surface area contributed by atoms with E-state index in [1.165, 1.54) is 6.92 Å². The van der Waals surface area contributed by atoms with E-state index in [2.05, 4.69) is 16.0 Å². The van der Waals surface area contributed by atoms with Crippen molar-refractivity contribution in [3.8, 4) is 0 Å². The van der Waals surface area contributed by atoms with E-state index in [0.717, 1.165) is 21.9 Å². The van der Waals surface area contributed by atoms with Crippen molar-refractivity contribution in [1.29, 1.82) is 0 Å². The van der Waals surface area contributed by atoms with Crippen LogP contribution in [0.15, 0.2) is 60.7 Å². The number of benzene rings is 3. The Kier molecular flexibility index (Phi) is 5.93. The summed E-state index contributed by atoms with van der Waals surface area (Å²) < 4.78 is 0. The summed E-state index contributed by atoms with van der Waals surface area (Å²) >= 11 is 0. The molecule has 29 heavy (non-hydrogen) atoms. The first-order valence-electron chi connectivity index (χ1n) is 9.32. The molecule has 3 rings (SSSR count). The zero-order chi connectivity index (χ0) is 21.0. The molecule has 0 saturated heterocycles. The van der Waals surface area contributed by atoms with E-state index in [1.807, 2.05) is 56.3 Å². The lowest BCUT2D eigenvalue weighted by Gasteiger charge is -2.16. The van der Waals surface area contributed by atoms with Gasteiger partial charge >= 0.3 is 11.8 Å². The van der Waals surface area contributed by atoms with Gasteiger partial charge in [0.05, 0.1) is 6.04 Å². The normalized spacial score (nSPS) is 11.6. The molecule has 148 valence electrons. The number of anilines is 2. The number of fused-ring (bicyclic) bond motifs is 1. The second-order valence-corrected chi connectivity index (χ2v) is 6.97. The van der Waals surface area contributed by atoms with E-state index in [4.69, 9.17) is 0 Å². The van der Waals surface area contributed by atoms with E-state index in [1.54, 1.807) is 18.2 Å². The molecule has 0 aromatic heterocycles. The smallest absolute Gasteiger partial charge is 0.313 e. The van der Waals surface area contributed by atoms with Crippen molar-refractivity contribution >= 4 is 39.9 Å². The van der Waals surface area contributed by atoms with Gasteiger partial charge < -0.3 is 16.0 Å². The van der Waals surface area contributed by atoms with Gasteiger partial charge in [-0.1, -0.05) is 42.5 Å². The summed E-state index contributed by atoms with van der Waals surface area (Å²) in [5.74, 6) is -1.70. The molecular weight excluding hydrogens is 366 g/mol. The molecule has 3 amide bonds. The first-order valence-corrected chi connectivity index (χ1v) is 9.32. The van der Waals surface area contributed by atoms with Crippen molar-refractivity contribution < 1.29 is 14.4 Å². The molecule has 3 N–H and O–H groups in total. The molecule has 0 spiro atoms. The van der Waals surface area contributed by atoms with Gasteiger partial charge in [-0.15, -0.1) is 0 Å². The van der Waals surface area contributed by atoms with Crippen LogP contribution in [-0.2, 0) is 14.4 Å². The second kappa shape index (κ2) is 8.56. The van der Waals surface area contributed by atoms with E-state index >= 15 is 0 Å². The number of rotatable bonds is 4. The minimum Gasteiger partial charge on any atom is -0.341 e. The van der Waals surface area contributed by atoms with Gasteiger partial charge in [0.2, 0.25) is 5.91 Å². The number of carbonyl (C=O) groups excluding carboxylic acids is 3. The highest BCUT2D eigenvalue weighted by Gasteiger charge is 2.18. The van der Waals surface area contributed by atoms with Gasteiger partial charge in [0.25, 0.3) is 0 Å². The standard InChI is InChI=1S/C23H23N3O3/c1-14-8-11-20(25-16(3)27)13-21(14)26-23(29)22(28)24-15(2)18-10-9-17-6-4-5-7-19(17)12-18/h4-13,15H,1-3H3,(H,24,28)(H,25,27)(H,26,29)/t15-/m0/s1. The van der Waals surface area contributed by atoms with E-state index < -0.39 is 11.8 Å². The van der Waals surface area contributed by atoms with Crippen LogP contribution in [0.1, 0.15) is 31.0 Å². The fourth-order valence-electron chi connectivity index (χ4n) is 3.04. The van der Waals surface area contributed by atoms with Crippen molar-refractivity contribution in [3.05, 3.63) is 71.8 Å². The van der Waals surface area contributed by atoms with Crippen molar-refractivity contribution in [3.63, 3.8) is 0 Å². The van der Waals surface area contributed by atoms with Gasteiger partial charge in [-0.2, -0.15) is 0 Å². The predicted molar refractivity (Wildman–Crippen MR) is 115 cm³/mol. The summed E-state index contributed by atoms with van der Waals surface area (Å²) in [5, 5.41) is 10.2. The molecule has 6 nitrogen and oxygen atoms in total. The number of carbonyl (C=O) groups is 3. The number of nitrogens with one attached hydrogen (secondary N) is 3. The summed E-state index contributed by atoms with van der Waals surface area (Å²) in [4.78, 5) is 36.0. The summed E-state index contributed by atoms with van der Waals surface area (Å²) in [7, 11) is 0. The average molecular weight is 389 g/mol. The minimum absolute atomic E-state index is 0.215. The predicted octanol–water partition coefficient (Wildman–Crippen LogP) is 3.92. The van der Waals surface area contributed by atoms with Crippen molar-refractivity contribution in [2.75, 3.05) is 10.6 Å². The Bertz CT molecular complexity index is 1090. The Balaban J connectivity index is 1.68. The lowest BCUT2D eigenvalue weighted by molar-refractivity contribution is -0.136. The third kappa shape index (κ3) is 4.99. The molecule has 0 unspecified atom stereocenters. The number of hydrogen-bond acceptors (Lipinski definition) is 3. The Morgan fingerprint density at radius 1 is 0.828 bits per heavy atom. The average Bonchev–Trinajstić information content (AvgIpc) is 2.69. The number of hydrogen-bond donors (Lipinski definition) is 3. The molecule has 0 bridgehead atoms. The van der Waals surface area contributed by atoms with Crippen LogP contribution in [0.2, 0.25) is 0 Å². The van der Waals surface area contributed by atoms with Crippen LogP contribution in [0.4, 0.5) is 11.4 Å². The third-order valence-corrected chi connectivity index (χ3v) is 4.63. The highest BCUT2D eigenvalue weighted by Crippen LogP contribution is 2.22. The molecule has 3 aromatic rings. The Hall–Kier alpha value is -3.67. The third-order valence-electron chi connectivity index (χ3n) is 4.63. The lowest BCUT2D eigenvalue weighted by atomic mass is 10.0. The van der Waals surface area contributed by atoms with Gasteiger partial charge in [-0.3, -0.25) is 14.4 Å². The summed E-state index contributed by atoms with van der Waals surface area (Å²) in [6, 6.07) is 18.7. The Morgan fingerprint density at radius 2 is 1.55 bits per heavy atom. The van der Waals surface area contributed by atoms with Crippen LogP contribution in [0.3, 0.4) is 0 Å². The van der Waals surface area contributed by atoms with Crippen LogP contribution >= 0.6 is 0 Å². The SMILES string of the molecule is CC(=O)Nc1ccc(C)c(NC(=O)C(=O)N[C@@H](C)c2ccc3ccccc3c2)c1.